The monoisotopic (exact) mass is 382 g/mol. The number of nitrogens with one attached hydrogen (secondary N) is 3. The molecule has 0 aliphatic carbocycles. The molecule has 0 unspecified atom stereocenters. The van der Waals surface area contributed by atoms with Crippen LogP contribution in [0.15, 0.2) is 77.8 Å². The summed E-state index contributed by atoms with van der Waals surface area (Å²) < 4.78 is 0. The summed E-state index contributed by atoms with van der Waals surface area (Å²) in [6.45, 7) is 1.34. The highest BCUT2D eigenvalue weighted by atomic mass is 15.0. The van der Waals surface area contributed by atoms with Crippen molar-refractivity contribution < 1.29 is 0 Å². The Morgan fingerprint density at radius 2 is 1.93 bits per heavy atom. The van der Waals surface area contributed by atoms with Crippen LogP contribution < -0.4 is 16.4 Å². The Kier molecular flexibility index (Phi) is 5.45. The zero-order chi connectivity index (χ0) is 20.1. The van der Waals surface area contributed by atoms with Gasteiger partial charge in [-0.15, -0.1) is 0 Å². The van der Waals surface area contributed by atoms with Gasteiger partial charge in [0.05, 0.1) is 5.52 Å². The molecule has 0 atom stereocenters. The van der Waals surface area contributed by atoms with E-state index in [2.05, 4.69) is 20.6 Å². The summed E-state index contributed by atoms with van der Waals surface area (Å²) >= 11 is 0. The van der Waals surface area contributed by atoms with Crippen molar-refractivity contribution in [3.05, 3.63) is 83.9 Å². The second kappa shape index (κ2) is 8.50. The first kappa shape index (κ1) is 18.6. The lowest BCUT2D eigenvalue weighted by molar-refractivity contribution is 1.02. The molecule has 0 bridgehead atoms. The molecule has 0 amide bonds. The maximum absolute atomic E-state index is 7.95. The van der Waals surface area contributed by atoms with Crippen LogP contribution >= 0.6 is 0 Å². The van der Waals surface area contributed by atoms with E-state index in [0.717, 1.165) is 45.4 Å². The van der Waals surface area contributed by atoms with Gasteiger partial charge in [0.25, 0.3) is 0 Å². The highest BCUT2D eigenvalue weighted by Gasteiger charge is 2.13. The average Bonchev–Trinajstić information content (AvgIpc) is 2.79. The molecule has 1 aliphatic rings. The minimum absolute atomic E-state index is 0.598. The Bertz CT molecular complexity index is 1120. The number of pyridine rings is 1. The average molecular weight is 382 g/mol. The van der Waals surface area contributed by atoms with Crippen molar-refractivity contribution in [3.8, 4) is 0 Å². The highest BCUT2D eigenvalue weighted by molar-refractivity contribution is 6.16. The van der Waals surface area contributed by atoms with Gasteiger partial charge >= 0.3 is 0 Å². The molecule has 1 aliphatic heterocycles. The van der Waals surface area contributed by atoms with E-state index in [-0.39, 0.29) is 0 Å². The van der Waals surface area contributed by atoms with Gasteiger partial charge < -0.3 is 21.8 Å². The van der Waals surface area contributed by atoms with E-state index >= 15 is 0 Å². The molecule has 0 saturated carbocycles. The number of fused-ring (bicyclic) bond motifs is 1. The molecule has 5 N–H and O–H groups in total. The normalized spacial score (nSPS) is 14.9. The SMILES string of the molecule is N=C/C(=C1/N=CC(c2ccc(NCCN)cc2)=CN1)c1ccnc2ccccc12. The number of nitrogens with zero attached hydrogens (tertiary/aromatic N) is 2. The van der Waals surface area contributed by atoms with Gasteiger partial charge in [0, 0.05) is 60.1 Å². The van der Waals surface area contributed by atoms with Crippen molar-refractivity contribution in [1.29, 1.82) is 5.41 Å². The lowest BCUT2D eigenvalue weighted by atomic mass is 10.0. The van der Waals surface area contributed by atoms with E-state index in [0.29, 0.717) is 12.4 Å². The third-order valence-corrected chi connectivity index (χ3v) is 4.73. The largest absolute Gasteiger partial charge is 0.384 e. The van der Waals surface area contributed by atoms with Crippen LogP contribution in [-0.2, 0) is 0 Å². The summed E-state index contributed by atoms with van der Waals surface area (Å²) in [5.74, 6) is 0.640. The van der Waals surface area contributed by atoms with Crippen molar-refractivity contribution in [3.63, 3.8) is 0 Å². The first-order chi connectivity index (χ1) is 14.3. The predicted molar refractivity (Wildman–Crippen MR) is 121 cm³/mol. The molecule has 29 heavy (non-hydrogen) atoms. The minimum atomic E-state index is 0.598. The molecule has 0 saturated heterocycles. The summed E-state index contributed by atoms with van der Waals surface area (Å²) in [5.41, 5.74) is 11.1. The first-order valence-corrected chi connectivity index (χ1v) is 9.44. The summed E-state index contributed by atoms with van der Waals surface area (Å²) in [7, 11) is 0. The molecular weight excluding hydrogens is 360 g/mol. The van der Waals surface area contributed by atoms with Gasteiger partial charge in [-0.05, 0) is 35.4 Å². The highest BCUT2D eigenvalue weighted by Crippen LogP contribution is 2.26. The topological polar surface area (TPSA) is 99.2 Å². The second-order valence-electron chi connectivity index (χ2n) is 6.58. The number of hydrogen-bond donors (Lipinski definition) is 4. The molecule has 0 spiro atoms. The Morgan fingerprint density at radius 3 is 2.66 bits per heavy atom. The standard InChI is InChI=1S/C23H22N6/c24-10-12-26-18-7-5-16(6-8-18)17-14-28-23(29-15-17)21(13-25)19-9-11-27-22-4-2-1-3-20(19)22/h1-9,11,13-15,25-26,28H,10,12,24H2/b23-21-,25-13?. The number of nitrogens with two attached hydrogens (primary N) is 1. The molecule has 6 nitrogen and oxygen atoms in total. The zero-order valence-corrected chi connectivity index (χ0v) is 15.9. The van der Waals surface area contributed by atoms with Crippen molar-refractivity contribution in [2.45, 2.75) is 0 Å². The number of para-hydroxylation sites is 1. The lowest BCUT2D eigenvalue weighted by Gasteiger charge is -2.15. The van der Waals surface area contributed by atoms with Crippen LogP contribution in [0.2, 0.25) is 0 Å². The molecule has 6 heteroatoms. The van der Waals surface area contributed by atoms with Crippen LogP contribution in [0.5, 0.6) is 0 Å². The number of benzene rings is 2. The maximum Gasteiger partial charge on any atom is 0.139 e. The first-order valence-electron chi connectivity index (χ1n) is 9.44. The minimum Gasteiger partial charge on any atom is -0.384 e. The fraction of sp³-hybridized carbons (Fsp3) is 0.0870. The van der Waals surface area contributed by atoms with Crippen LogP contribution in [0, 0.1) is 5.41 Å². The van der Waals surface area contributed by atoms with Crippen molar-refractivity contribution in [2.24, 2.45) is 10.7 Å². The summed E-state index contributed by atoms with van der Waals surface area (Å²) in [4.78, 5) is 8.99. The fourth-order valence-corrected chi connectivity index (χ4v) is 3.26. The molecule has 0 radical (unpaired) electrons. The van der Waals surface area contributed by atoms with Gasteiger partial charge in [-0.1, -0.05) is 30.3 Å². The van der Waals surface area contributed by atoms with Crippen LogP contribution in [0.25, 0.3) is 22.0 Å². The quantitative estimate of drug-likeness (QED) is 0.489. The Hall–Kier alpha value is -3.77. The van der Waals surface area contributed by atoms with Gasteiger partial charge in [-0.3, -0.25) is 4.98 Å². The van der Waals surface area contributed by atoms with Gasteiger partial charge in [-0.25, -0.2) is 4.99 Å². The van der Waals surface area contributed by atoms with Crippen molar-refractivity contribution >= 4 is 40.2 Å². The van der Waals surface area contributed by atoms with Crippen LogP contribution in [0.1, 0.15) is 11.1 Å². The maximum atomic E-state index is 7.95. The molecule has 2 heterocycles. The van der Waals surface area contributed by atoms with Crippen molar-refractivity contribution in [1.82, 2.24) is 10.3 Å². The number of aliphatic imine (C=N–C) groups is 1. The van der Waals surface area contributed by atoms with Gasteiger partial charge in [-0.2, -0.15) is 0 Å². The third-order valence-electron chi connectivity index (χ3n) is 4.73. The van der Waals surface area contributed by atoms with Gasteiger partial charge in [0.15, 0.2) is 0 Å². The van der Waals surface area contributed by atoms with E-state index in [4.69, 9.17) is 11.1 Å². The Morgan fingerprint density at radius 1 is 1.10 bits per heavy atom. The van der Waals surface area contributed by atoms with E-state index in [1.165, 1.54) is 6.21 Å². The molecule has 0 fully saturated rings. The van der Waals surface area contributed by atoms with E-state index in [9.17, 15) is 0 Å². The smallest absolute Gasteiger partial charge is 0.139 e. The summed E-state index contributed by atoms with van der Waals surface area (Å²) in [6, 6.07) is 18.0. The van der Waals surface area contributed by atoms with E-state index < -0.39 is 0 Å². The Labute approximate surface area is 169 Å². The van der Waals surface area contributed by atoms with Gasteiger partial charge in [0.1, 0.15) is 5.82 Å². The van der Waals surface area contributed by atoms with Crippen LogP contribution in [-0.4, -0.2) is 30.5 Å². The molecule has 4 rings (SSSR count). The number of allylic oxidation sites excluding steroid dienone is 2. The molecule has 144 valence electrons. The molecule has 2 aromatic carbocycles. The number of aromatic nitrogens is 1. The van der Waals surface area contributed by atoms with E-state index in [1.54, 1.807) is 6.20 Å². The number of anilines is 1. The molecule has 3 aromatic rings. The molecular formula is C23H22N6. The Balaban J connectivity index is 1.61. The van der Waals surface area contributed by atoms with Gasteiger partial charge in [0.2, 0.25) is 0 Å². The zero-order valence-electron chi connectivity index (χ0n) is 15.9. The van der Waals surface area contributed by atoms with Crippen LogP contribution in [0.4, 0.5) is 5.69 Å². The number of rotatable bonds is 6. The van der Waals surface area contributed by atoms with E-state index in [1.807, 2.05) is 67.0 Å². The van der Waals surface area contributed by atoms with Crippen LogP contribution in [0.3, 0.4) is 0 Å². The lowest BCUT2D eigenvalue weighted by Crippen LogP contribution is -2.13. The second-order valence-corrected chi connectivity index (χ2v) is 6.58. The van der Waals surface area contributed by atoms with Crippen molar-refractivity contribution in [2.75, 3.05) is 18.4 Å². The summed E-state index contributed by atoms with van der Waals surface area (Å²) in [5, 5.41) is 15.4. The fourth-order valence-electron chi connectivity index (χ4n) is 3.26. The predicted octanol–water partition coefficient (Wildman–Crippen LogP) is 3.64. The molecule has 1 aromatic heterocycles. The number of hydrogen-bond acceptors (Lipinski definition) is 6. The third kappa shape index (κ3) is 3.93. The summed E-state index contributed by atoms with van der Waals surface area (Å²) in [6.07, 6.45) is 6.83.